The van der Waals surface area contributed by atoms with Crippen LogP contribution >= 0.6 is 0 Å². The van der Waals surface area contributed by atoms with Crippen LogP contribution in [0.2, 0.25) is 0 Å². The van der Waals surface area contributed by atoms with E-state index >= 15 is 0 Å². The Morgan fingerprint density at radius 2 is 2.19 bits per heavy atom. The van der Waals surface area contributed by atoms with Crippen LogP contribution in [-0.4, -0.2) is 21.5 Å². The van der Waals surface area contributed by atoms with Gasteiger partial charge in [-0.05, 0) is 38.5 Å². The third-order valence-corrected chi connectivity index (χ3v) is 3.34. The predicted molar refractivity (Wildman–Crippen MR) is 86.0 cm³/mol. The van der Waals surface area contributed by atoms with E-state index in [1.807, 2.05) is 32.0 Å². The summed E-state index contributed by atoms with van der Waals surface area (Å²) in [5, 5.41) is 2.92. The van der Waals surface area contributed by atoms with Gasteiger partial charge in [0.2, 0.25) is 5.91 Å². The van der Waals surface area contributed by atoms with Gasteiger partial charge in [-0.2, -0.15) is 0 Å². The lowest BCUT2D eigenvalue weighted by Gasteiger charge is -2.11. The van der Waals surface area contributed by atoms with Gasteiger partial charge in [-0.15, -0.1) is 0 Å². The second-order valence-corrected chi connectivity index (χ2v) is 5.65. The fourth-order valence-electron chi connectivity index (χ4n) is 2.47. The predicted octanol–water partition coefficient (Wildman–Crippen LogP) is 2.49. The zero-order valence-corrected chi connectivity index (χ0v) is 13.0. The maximum atomic E-state index is 11.8. The molecule has 0 aliphatic heterocycles. The number of aromatic nitrogens is 2. The minimum absolute atomic E-state index is 0.0738. The standard InChI is InChI=1S/C16H24N4O/c1-4-5-15-19-13-10-12(17)6-7-14(13)20(15)9-8-16(21)18-11(2)3/h6-7,10-11H,4-5,8-9,17H2,1-3H3,(H,18,21). The molecule has 0 bridgehead atoms. The number of nitrogens with two attached hydrogens (primary N) is 1. The van der Waals surface area contributed by atoms with Crippen molar-refractivity contribution in [1.29, 1.82) is 0 Å². The van der Waals surface area contributed by atoms with Gasteiger partial charge in [0.1, 0.15) is 5.82 Å². The summed E-state index contributed by atoms with van der Waals surface area (Å²) in [6.07, 6.45) is 2.39. The number of nitrogens with one attached hydrogen (secondary N) is 1. The smallest absolute Gasteiger partial charge is 0.221 e. The molecule has 0 saturated heterocycles. The van der Waals surface area contributed by atoms with Gasteiger partial charge in [0.15, 0.2) is 0 Å². The summed E-state index contributed by atoms with van der Waals surface area (Å²) in [5.41, 5.74) is 8.49. The molecule has 0 aliphatic rings. The zero-order valence-electron chi connectivity index (χ0n) is 13.0. The number of anilines is 1. The quantitative estimate of drug-likeness (QED) is 0.802. The van der Waals surface area contributed by atoms with Gasteiger partial charge in [-0.3, -0.25) is 4.79 Å². The number of aryl methyl sites for hydroxylation is 2. The summed E-state index contributed by atoms with van der Waals surface area (Å²) >= 11 is 0. The highest BCUT2D eigenvalue weighted by Gasteiger charge is 2.12. The minimum Gasteiger partial charge on any atom is -0.399 e. The molecule has 5 heteroatoms. The maximum Gasteiger partial charge on any atom is 0.221 e. The van der Waals surface area contributed by atoms with Crippen molar-refractivity contribution in [3.63, 3.8) is 0 Å². The Balaban J connectivity index is 2.23. The van der Waals surface area contributed by atoms with Crippen molar-refractivity contribution in [2.75, 3.05) is 5.73 Å². The van der Waals surface area contributed by atoms with E-state index in [1.165, 1.54) is 0 Å². The van der Waals surface area contributed by atoms with Crippen LogP contribution < -0.4 is 11.1 Å². The molecule has 0 saturated carbocycles. The number of rotatable bonds is 6. The van der Waals surface area contributed by atoms with Crippen molar-refractivity contribution in [1.82, 2.24) is 14.9 Å². The van der Waals surface area contributed by atoms with Gasteiger partial charge in [0.05, 0.1) is 11.0 Å². The minimum atomic E-state index is 0.0738. The average molecular weight is 288 g/mol. The van der Waals surface area contributed by atoms with E-state index in [1.54, 1.807) is 0 Å². The Morgan fingerprint density at radius 1 is 1.43 bits per heavy atom. The van der Waals surface area contributed by atoms with Crippen molar-refractivity contribution in [3.05, 3.63) is 24.0 Å². The van der Waals surface area contributed by atoms with Crippen LogP contribution in [0.1, 0.15) is 39.4 Å². The van der Waals surface area contributed by atoms with E-state index in [0.29, 0.717) is 18.7 Å². The van der Waals surface area contributed by atoms with Crippen LogP contribution in [-0.2, 0) is 17.8 Å². The highest BCUT2D eigenvalue weighted by Crippen LogP contribution is 2.20. The molecule has 21 heavy (non-hydrogen) atoms. The molecule has 3 N–H and O–H groups in total. The second kappa shape index (κ2) is 6.61. The summed E-state index contributed by atoms with van der Waals surface area (Å²) in [5.74, 6) is 1.10. The molecule has 1 heterocycles. The van der Waals surface area contributed by atoms with Gasteiger partial charge in [-0.1, -0.05) is 6.92 Å². The van der Waals surface area contributed by atoms with Gasteiger partial charge in [-0.25, -0.2) is 4.98 Å². The number of imidazole rings is 1. The molecule has 0 fully saturated rings. The summed E-state index contributed by atoms with van der Waals surface area (Å²) < 4.78 is 2.14. The number of carbonyl (C=O) groups excluding carboxylic acids is 1. The third-order valence-electron chi connectivity index (χ3n) is 3.34. The SMILES string of the molecule is CCCc1nc2cc(N)ccc2n1CCC(=O)NC(C)C. The molecule has 0 aliphatic carbocycles. The largest absolute Gasteiger partial charge is 0.399 e. The Kier molecular flexibility index (Phi) is 4.83. The van der Waals surface area contributed by atoms with Crippen molar-refractivity contribution < 1.29 is 4.79 Å². The zero-order chi connectivity index (χ0) is 15.4. The average Bonchev–Trinajstić information content (AvgIpc) is 2.72. The van der Waals surface area contributed by atoms with Gasteiger partial charge >= 0.3 is 0 Å². The van der Waals surface area contributed by atoms with E-state index in [9.17, 15) is 4.79 Å². The van der Waals surface area contributed by atoms with Crippen molar-refractivity contribution in [3.8, 4) is 0 Å². The van der Waals surface area contributed by atoms with Crippen LogP contribution in [0.15, 0.2) is 18.2 Å². The topological polar surface area (TPSA) is 72.9 Å². The summed E-state index contributed by atoms with van der Waals surface area (Å²) in [6, 6.07) is 5.92. The Bertz CT molecular complexity index is 630. The lowest BCUT2D eigenvalue weighted by atomic mass is 10.2. The molecule has 1 aromatic heterocycles. The number of hydrogen-bond acceptors (Lipinski definition) is 3. The monoisotopic (exact) mass is 288 g/mol. The van der Waals surface area contributed by atoms with Gasteiger partial charge < -0.3 is 15.6 Å². The molecule has 0 unspecified atom stereocenters. The molecule has 5 nitrogen and oxygen atoms in total. The van der Waals surface area contributed by atoms with Crippen LogP contribution in [0.4, 0.5) is 5.69 Å². The molecule has 0 spiro atoms. The highest BCUT2D eigenvalue weighted by atomic mass is 16.1. The van der Waals surface area contributed by atoms with Gasteiger partial charge in [0.25, 0.3) is 0 Å². The van der Waals surface area contributed by atoms with Crippen LogP contribution in [0.25, 0.3) is 11.0 Å². The molecule has 1 amide bonds. The number of fused-ring (bicyclic) bond motifs is 1. The number of amides is 1. The van der Waals surface area contributed by atoms with E-state index in [2.05, 4.69) is 21.8 Å². The molecule has 114 valence electrons. The first-order valence-corrected chi connectivity index (χ1v) is 7.55. The lowest BCUT2D eigenvalue weighted by Crippen LogP contribution is -2.30. The molecular formula is C16H24N4O. The first-order valence-electron chi connectivity index (χ1n) is 7.55. The van der Waals surface area contributed by atoms with Crippen molar-refractivity contribution in [2.24, 2.45) is 0 Å². The second-order valence-electron chi connectivity index (χ2n) is 5.65. The van der Waals surface area contributed by atoms with Crippen molar-refractivity contribution in [2.45, 2.75) is 52.6 Å². The molecular weight excluding hydrogens is 264 g/mol. The first kappa shape index (κ1) is 15.4. The van der Waals surface area contributed by atoms with Crippen LogP contribution in [0.3, 0.4) is 0 Å². The fraction of sp³-hybridized carbons (Fsp3) is 0.500. The first-order chi connectivity index (χ1) is 10.0. The van der Waals surface area contributed by atoms with Crippen molar-refractivity contribution >= 4 is 22.6 Å². The summed E-state index contributed by atoms with van der Waals surface area (Å²) in [4.78, 5) is 16.5. The highest BCUT2D eigenvalue weighted by molar-refractivity contribution is 5.80. The number of nitrogens with zero attached hydrogens (tertiary/aromatic N) is 2. The van der Waals surface area contributed by atoms with Gasteiger partial charge in [0, 0.05) is 31.1 Å². The molecule has 1 aromatic carbocycles. The number of nitrogen functional groups attached to an aromatic ring is 1. The number of hydrogen-bond donors (Lipinski definition) is 2. The van der Waals surface area contributed by atoms with Crippen LogP contribution in [0, 0.1) is 0 Å². The molecule has 2 rings (SSSR count). The summed E-state index contributed by atoms with van der Waals surface area (Å²) in [6.45, 7) is 6.71. The summed E-state index contributed by atoms with van der Waals surface area (Å²) in [7, 11) is 0. The van der Waals surface area contributed by atoms with Crippen LogP contribution in [0.5, 0.6) is 0 Å². The normalized spacial score (nSPS) is 11.2. The Labute approximate surface area is 125 Å². The fourth-order valence-corrected chi connectivity index (χ4v) is 2.47. The lowest BCUT2D eigenvalue weighted by molar-refractivity contribution is -0.121. The van der Waals surface area contributed by atoms with E-state index in [-0.39, 0.29) is 11.9 Å². The van der Waals surface area contributed by atoms with E-state index in [0.717, 1.165) is 29.7 Å². The molecule has 2 aromatic rings. The third kappa shape index (κ3) is 3.74. The Morgan fingerprint density at radius 3 is 2.86 bits per heavy atom. The Hall–Kier alpha value is -2.04. The number of carbonyl (C=O) groups is 1. The molecule has 0 atom stereocenters. The molecule has 0 radical (unpaired) electrons. The van der Waals surface area contributed by atoms with E-state index in [4.69, 9.17) is 5.73 Å². The van der Waals surface area contributed by atoms with E-state index < -0.39 is 0 Å². The number of benzene rings is 1. The maximum absolute atomic E-state index is 11.8.